The molecule has 0 spiro atoms. The Morgan fingerprint density at radius 1 is 1.16 bits per heavy atom. The fourth-order valence-electron chi connectivity index (χ4n) is 3.13. The summed E-state index contributed by atoms with van der Waals surface area (Å²) in [5, 5.41) is 0. The molecule has 1 aromatic heterocycles. The molecule has 0 bridgehead atoms. The molecule has 2 aromatic carbocycles. The molecule has 5 nitrogen and oxygen atoms in total. The number of carbonyl (C=O) groups excluding carboxylic acids is 1. The fourth-order valence-corrected chi connectivity index (χ4v) is 3.50. The highest BCUT2D eigenvalue weighted by Crippen LogP contribution is 2.27. The van der Waals surface area contributed by atoms with Gasteiger partial charge in [0.15, 0.2) is 11.6 Å². The van der Waals surface area contributed by atoms with Crippen LogP contribution in [0.2, 0.25) is 0 Å². The van der Waals surface area contributed by atoms with Gasteiger partial charge in [0.25, 0.3) is 0 Å². The Morgan fingerprint density at radius 2 is 1.87 bits per heavy atom. The fraction of sp³-hybridized carbons (Fsp3) is 0.364. The van der Waals surface area contributed by atoms with Crippen molar-refractivity contribution in [2.24, 2.45) is 0 Å². The second-order valence-corrected chi connectivity index (χ2v) is 8.86. The number of benzene rings is 2. The lowest BCUT2D eigenvalue weighted by Crippen LogP contribution is -2.23. The molecule has 0 fully saturated rings. The summed E-state index contributed by atoms with van der Waals surface area (Å²) in [6, 6.07) is 5.71. The Balaban J connectivity index is 2.08. The van der Waals surface area contributed by atoms with E-state index in [9.17, 15) is 18.0 Å². The van der Waals surface area contributed by atoms with Crippen molar-refractivity contribution in [2.75, 3.05) is 13.7 Å². The summed E-state index contributed by atoms with van der Waals surface area (Å²) in [7, 11) is 1.52. The first-order chi connectivity index (χ1) is 14.5. The van der Waals surface area contributed by atoms with Gasteiger partial charge in [-0.3, -0.25) is 0 Å². The summed E-state index contributed by atoms with van der Waals surface area (Å²) < 4.78 is 54.7. The van der Waals surface area contributed by atoms with Gasteiger partial charge in [0.05, 0.1) is 27.7 Å². The van der Waals surface area contributed by atoms with E-state index in [0.29, 0.717) is 35.6 Å². The quantitative estimate of drug-likeness (QED) is 0.259. The van der Waals surface area contributed by atoms with Crippen LogP contribution in [-0.2, 0) is 22.4 Å². The van der Waals surface area contributed by atoms with Gasteiger partial charge in [-0.2, -0.15) is 0 Å². The SMILES string of the molecule is COCCn1c(Cc2c(F)cc(Br)c(F)c2F)nc2ccc(C(=O)OC(C)(C)C)cc21. The van der Waals surface area contributed by atoms with Crippen molar-refractivity contribution in [3.05, 3.63) is 63.1 Å². The van der Waals surface area contributed by atoms with Crippen LogP contribution < -0.4 is 0 Å². The van der Waals surface area contributed by atoms with Crippen molar-refractivity contribution in [2.45, 2.75) is 39.3 Å². The zero-order valence-electron chi connectivity index (χ0n) is 17.6. The van der Waals surface area contributed by atoms with Crippen LogP contribution in [0.3, 0.4) is 0 Å². The molecule has 9 heteroatoms. The number of carbonyl (C=O) groups is 1. The van der Waals surface area contributed by atoms with Crippen LogP contribution in [0.4, 0.5) is 13.2 Å². The summed E-state index contributed by atoms with van der Waals surface area (Å²) in [5.74, 6) is -3.50. The van der Waals surface area contributed by atoms with Gasteiger partial charge in [-0.25, -0.2) is 22.9 Å². The molecule has 0 aliphatic heterocycles. The first-order valence-corrected chi connectivity index (χ1v) is 10.3. The summed E-state index contributed by atoms with van der Waals surface area (Å²) in [5.41, 5.74) is 0.334. The maximum atomic E-state index is 14.4. The van der Waals surface area contributed by atoms with Gasteiger partial charge in [0.2, 0.25) is 0 Å². The molecule has 0 aliphatic rings. The zero-order chi connectivity index (χ0) is 22.9. The van der Waals surface area contributed by atoms with Crippen LogP contribution in [0.1, 0.15) is 42.5 Å². The van der Waals surface area contributed by atoms with E-state index in [1.807, 2.05) is 0 Å². The highest BCUT2D eigenvalue weighted by atomic mass is 79.9. The molecule has 0 unspecified atom stereocenters. The molecular weight excluding hydrogens is 477 g/mol. The number of ether oxygens (including phenoxy) is 2. The van der Waals surface area contributed by atoms with Gasteiger partial charge < -0.3 is 14.0 Å². The number of hydrogen-bond acceptors (Lipinski definition) is 4. The number of imidazole rings is 1. The number of rotatable bonds is 6. The van der Waals surface area contributed by atoms with Crippen LogP contribution >= 0.6 is 15.9 Å². The average Bonchev–Trinajstić information content (AvgIpc) is 3.03. The van der Waals surface area contributed by atoms with Crippen molar-refractivity contribution in [1.29, 1.82) is 0 Å². The van der Waals surface area contributed by atoms with E-state index in [-0.39, 0.29) is 10.9 Å². The normalized spacial score (nSPS) is 11.9. The number of nitrogens with zero attached hydrogens (tertiary/aromatic N) is 2. The number of halogens is 4. The number of fused-ring (bicyclic) bond motifs is 1. The molecule has 3 aromatic rings. The van der Waals surface area contributed by atoms with Gasteiger partial charge in [-0.05, 0) is 61.0 Å². The van der Waals surface area contributed by atoms with Gasteiger partial charge in [0.1, 0.15) is 17.2 Å². The van der Waals surface area contributed by atoms with Crippen LogP contribution in [0.5, 0.6) is 0 Å². The van der Waals surface area contributed by atoms with Crippen LogP contribution in [0.25, 0.3) is 11.0 Å². The van der Waals surface area contributed by atoms with Crippen molar-refractivity contribution in [3.63, 3.8) is 0 Å². The molecule has 0 radical (unpaired) electrons. The highest BCUT2D eigenvalue weighted by Gasteiger charge is 2.22. The summed E-state index contributed by atoms with van der Waals surface area (Å²) in [6.07, 6.45) is -0.276. The molecule has 0 N–H and O–H groups in total. The first kappa shape index (κ1) is 23.3. The molecular formula is C22H22BrF3N2O3. The Kier molecular flexibility index (Phi) is 6.76. The van der Waals surface area contributed by atoms with Crippen molar-refractivity contribution in [3.8, 4) is 0 Å². The van der Waals surface area contributed by atoms with Crippen molar-refractivity contribution < 1.29 is 27.4 Å². The standard InChI is InChI=1S/C22H22BrF3N2O3/c1-22(2,3)31-21(29)12-5-6-16-17(9-12)28(7-8-30-4)18(27-16)10-13-15(24)11-14(23)20(26)19(13)25/h5-6,9,11H,7-8,10H2,1-4H3. The molecule has 0 aliphatic carbocycles. The lowest BCUT2D eigenvalue weighted by Gasteiger charge is -2.19. The first-order valence-electron chi connectivity index (χ1n) is 9.55. The van der Waals surface area contributed by atoms with E-state index in [2.05, 4.69) is 20.9 Å². The zero-order valence-corrected chi connectivity index (χ0v) is 19.1. The maximum Gasteiger partial charge on any atom is 0.338 e. The second-order valence-electron chi connectivity index (χ2n) is 8.00. The Morgan fingerprint density at radius 3 is 2.52 bits per heavy atom. The van der Waals surface area contributed by atoms with E-state index in [4.69, 9.17) is 9.47 Å². The predicted molar refractivity (Wildman–Crippen MR) is 114 cm³/mol. The smallest absolute Gasteiger partial charge is 0.338 e. The molecule has 3 rings (SSSR count). The third-order valence-electron chi connectivity index (χ3n) is 4.52. The molecule has 31 heavy (non-hydrogen) atoms. The van der Waals surface area contributed by atoms with Crippen molar-refractivity contribution in [1.82, 2.24) is 9.55 Å². The molecule has 0 saturated carbocycles. The Labute approximate surface area is 186 Å². The topological polar surface area (TPSA) is 53.4 Å². The number of methoxy groups -OCH3 is 1. The monoisotopic (exact) mass is 498 g/mol. The largest absolute Gasteiger partial charge is 0.456 e. The van der Waals surface area contributed by atoms with Gasteiger partial charge >= 0.3 is 5.97 Å². The van der Waals surface area contributed by atoms with Crippen LogP contribution in [0.15, 0.2) is 28.7 Å². The average molecular weight is 499 g/mol. The predicted octanol–water partition coefficient (Wildman–Crippen LogP) is 5.41. The summed E-state index contributed by atoms with van der Waals surface area (Å²) in [4.78, 5) is 16.9. The van der Waals surface area contributed by atoms with E-state index in [1.54, 1.807) is 43.5 Å². The Bertz CT molecular complexity index is 1140. The number of hydrogen-bond donors (Lipinski definition) is 0. The van der Waals surface area contributed by atoms with Crippen LogP contribution in [0, 0.1) is 17.5 Å². The minimum Gasteiger partial charge on any atom is -0.456 e. The van der Waals surface area contributed by atoms with Gasteiger partial charge in [-0.15, -0.1) is 0 Å². The molecule has 0 saturated heterocycles. The van der Waals surface area contributed by atoms with Gasteiger partial charge in [0, 0.05) is 25.6 Å². The number of aromatic nitrogens is 2. The lowest BCUT2D eigenvalue weighted by atomic mass is 10.1. The third kappa shape index (κ3) is 5.10. The third-order valence-corrected chi connectivity index (χ3v) is 5.10. The second kappa shape index (κ2) is 9.00. The maximum absolute atomic E-state index is 14.4. The Hall–Kier alpha value is -2.39. The molecule has 0 atom stereocenters. The minimum atomic E-state index is -1.27. The summed E-state index contributed by atoms with van der Waals surface area (Å²) in [6.45, 7) is 5.93. The minimum absolute atomic E-state index is 0.276. The van der Waals surface area contributed by atoms with E-state index in [1.165, 1.54) is 7.11 Å². The number of esters is 1. The van der Waals surface area contributed by atoms with E-state index in [0.717, 1.165) is 6.07 Å². The highest BCUT2D eigenvalue weighted by molar-refractivity contribution is 9.10. The lowest BCUT2D eigenvalue weighted by molar-refractivity contribution is 0.00696. The van der Waals surface area contributed by atoms with Crippen LogP contribution in [-0.4, -0.2) is 34.8 Å². The van der Waals surface area contributed by atoms with Gasteiger partial charge in [-0.1, -0.05) is 0 Å². The van der Waals surface area contributed by atoms with E-state index >= 15 is 0 Å². The molecule has 166 valence electrons. The molecule has 0 amide bonds. The summed E-state index contributed by atoms with van der Waals surface area (Å²) >= 11 is 2.80. The molecule has 1 heterocycles. The van der Waals surface area contributed by atoms with Crippen molar-refractivity contribution >= 4 is 32.9 Å². The van der Waals surface area contributed by atoms with E-state index < -0.39 is 34.6 Å².